The van der Waals surface area contributed by atoms with Crippen LogP contribution in [0.1, 0.15) is 11.3 Å². The predicted molar refractivity (Wildman–Crippen MR) is 73.1 cm³/mol. The summed E-state index contributed by atoms with van der Waals surface area (Å²) in [6, 6.07) is 9.71. The van der Waals surface area contributed by atoms with Crippen molar-refractivity contribution in [3.63, 3.8) is 0 Å². The lowest BCUT2D eigenvalue weighted by Crippen LogP contribution is -2.29. The normalized spacial score (nSPS) is 10.4. The summed E-state index contributed by atoms with van der Waals surface area (Å²) in [5.41, 5.74) is 2.89. The molecule has 2 aromatic rings. The minimum absolute atomic E-state index is 0.0420. The van der Waals surface area contributed by atoms with E-state index in [4.69, 9.17) is 5.11 Å². The number of aliphatic carboxylic acids is 1. The lowest BCUT2D eigenvalue weighted by molar-refractivity contribution is -0.135. The van der Waals surface area contributed by atoms with E-state index in [9.17, 15) is 4.79 Å². The minimum atomic E-state index is -0.850. The fourth-order valence-corrected chi connectivity index (χ4v) is 1.90. The van der Waals surface area contributed by atoms with Crippen molar-refractivity contribution in [1.29, 1.82) is 0 Å². The highest BCUT2D eigenvalue weighted by Crippen LogP contribution is 2.17. The van der Waals surface area contributed by atoms with E-state index in [1.54, 1.807) is 9.58 Å². The quantitative estimate of drug-likeness (QED) is 0.889. The third-order valence-electron chi connectivity index (χ3n) is 2.85. The average molecular weight is 259 g/mol. The van der Waals surface area contributed by atoms with Gasteiger partial charge in [0.15, 0.2) is 0 Å². The van der Waals surface area contributed by atoms with Gasteiger partial charge in [-0.1, -0.05) is 17.7 Å². The lowest BCUT2D eigenvalue weighted by atomic mass is 10.2. The molecule has 0 bridgehead atoms. The Morgan fingerprint density at radius 3 is 2.53 bits per heavy atom. The highest BCUT2D eigenvalue weighted by atomic mass is 16.4. The van der Waals surface area contributed by atoms with E-state index >= 15 is 0 Å². The van der Waals surface area contributed by atoms with Gasteiger partial charge in [0.25, 0.3) is 0 Å². The zero-order chi connectivity index (χ0) is 13.8. The van der Waals surface area contributed by atoms with Crippen molar-refractivity contribution in [2.45, 2.75) is 13.5 Å². The van der Waals surface area contributed by atoms with Gasteiger partial charge in [-0.05, 0) is 25.1 Å². The Kier molecular flexibility index (Phi) is 3.85. The number of hydrogen-bond acceptors (Lipinski definition) is 3. The molecule has 0 aliphatic carbocycles. The van der Waals surface area contributed by atoms with Crippen LogP contribution in [0, 0.1) is 6.92 Å². The number of hydrogen-bond donors (Lipinski definition) is 1. The highest BCUT2D eigenvalue weighted by Gasteiger charge is 2.12. The summed E-state index contributed by atoms with van der Waals surface area (Å²) >= 11 is 0. The Labute approximate surface area is 112 Å². The van der Waals surface area contributed by atoms with Crippen LogP contribution in [0.25, 0.3) is 0 Å². The van der Waals surface area contributed by atoms with Crippen molar-refractivity contribution in [1.82, 2.24) is 9.78 Å². The second kappa shape index (κ2) is 5.56. The van der Waals surface area contributed by atoms with E-state index in [0.717, 1.165) is 16.9 Å². The van der Waals surface area contributed by atoms with Gasteiger partial charge in [0.2, 0.25) is 0 Å². The zero-order valence-corrected chi connectivity index (χ0v) is 11.1. The van der Waals surface area contributed by atoms with Gasteiger partial charge in [-0.2, -0.15) is 5.10 Å². The van der Waals surface area contributed by atoms with Crippen LogP contribution in [0.15, 0.2) is 36.5 Å². The largest absolute Gasteiger partial charge is 0.480 e. The van der Waals surface area contributed by atoms with Crippen LogP contribution in [0.5, 0.6) is 0 Å². The molecule has 0 spiro atoms. The Balaban J connectivity index is 2.20. The molecule has 1 aromatic carbocycles. The van der Waals surface area contributed by atoms with Crippen molar-refractivity contribution in [3.05, 3.63) is 47.8 Å². The van der Waals surface area contributed by atoms with Crippen LogP contribution in [0.4, 0.5) is 5.69 Å². The van der Waals surface area contributed by atoms with Crippen molar-refractivity contribution >= 4 is 11.7 Å². The molecule has 0 fully saturated rings. The first-order valence-corrected chi connectivity index (χ1v) is 6.06. The monoisotopic (exact) mass is 259 g/mol. The third kappa shape index (κ3) is 3.58. The van der Waals surface area contributed by atoms with E-state index in [1.807, 2.05) is 50.5 Å². The van der Waals surface area contributed by atoms with Gasteiger partial charge in [-0.3, -0.25) is 9.48 Å². The smallest absolute Gasteiger partial charge is 0.323 e. The number of carbonyl (C=O) groups is 1. The summed E-state index contributed by atoms with van der Waals surface area (Å²) in [6.45, 7) is 2.44. The fraction of sp³-hybridized carbons (Fsp3) is 0.286. The summed E-state index contributed by atoms with van der Waals surface area (Å²) in [7, 11) is 1.84. The molecule has 100 valence electrons. The van der Waals surface area contributed by atoms with Crippen LogP contribution < -0.4 is 4.90 Å². The molecule has 0 radical (unpaired) electrons. The van der Waals surface area contributed by atoms with Gasteiger partial charge in [0, 0.05) is 18.9 Å². The van der Waals surface area contributed by atoms with Crippen molar-refractivity contribution in [3.8, 4) is 0 Å². The molecule has 0 aliphatic heterocycles. The first-order valence-electron chi connectivity index (χ1n) is 6.06. The number of carboxylic acids is 1. The second-order valence-electron chi connectivity index (χ2n) is 4.57. The number of anilines is 1. The molecule has 5 nitrogen and oxygen atoms in total. The molecule has 19 heavy (non-hydrogen) atoms. The molecule has 0 unspecified atom stereocenters. The summed E-state index contributed by atoms with van der Waals surface area (Å²) < 4.78 is 1.71. The highest BCUT2D eigenvalue weighted by molar-refractivity contribution is 5.73. The second-order valence-corrected chi connectivity index (χ2v) is 4.57. The lowest BCUT2D eigenvalue weighted by Gasteiger charge is -2.22. The van der Waals surface area contributed by atoms with Gasteiger partial charge in [-0.25, -0.2) is 0 Å². The first-order chi connectivity index (χ1) is 9.04. The predicted octanol–water partition coefficient (Wildman–Crippen LogP) is 1.82. The molecule has 5 heteroatoms. The van der Waals surface area contributed by atoms with Gasteiger partial charge >= 0.3 is 5.97 Å². The molecular formula is C14H17N3O2. The number of nitrogens with zero attached hydrogens (tertiary/aromatic N) is 3. The minimum Gasteiger partial charge on any atom is -0.480 e. The summed E-state index contributed by atoms with van der Waals surface area (Å²) in [6.07, 6.45) is 1.85. The summed E-state index contributed by atoms with van der Waals surface area (Å²) in [5.74, 6) is -0.850. The SMILES string of the molecule is Cc1ccc(N(CC(=O)O)Cc2ccn(C)n2)cc1. The third-order valence-corrected chi connectivity index (χ3v) is 2.85. The van der Waals surface area contributed by atoms with Crippen molar-refractivity contribution in [2.75, 3.05) is 11.4 Å². The number of benzene rings is 1. The van der Waals surface area contributed by atoms with Gasteiger partial charge in [-0.15, -0.1) is 0 Å². The van der Waals surface area contributed by atoms with E-state index < -0.39 is 5.97 Å². The fourth-order valence-electron chi connectivity index (χ4n) is 1.90. The maximum absolute atomic E-state index is 11.0. The molecule has 1 N–H and O–H groups in total. The van der Waals surface area contributed by atoms with Crippen molar-refractivity contribution < 1.29 is 9.90 Å². The first kappa shape index (κ1) is 13.1. The topological polar surface area (TPSA) is 58.4 Å². The summed E-state index contributed by atoms with van der Waals surface area (Å²) in [4.78, 5) is 12.8. The van der Waals surface area contributed by atoms with Gasteiger partial charge in [0.1, 0.15) is 6.54 Å². The Morgan fingerprint density at radius 1 is 1.32 bits per heavy atom. The molecule has 0 atom stereocenters. The van der Waals surface area contributed by atoms with E-state index in [1.165, 1.54) is 0 Å². The van der Waals surface area contributed by atoms with Crippen LogP contribution in [-0.2, 0) is 18.4 Å². The molecule has 2 rings (SSSR count). The number of carboxylic acid groups (broad SMARTS) is 1. The molecule has 0 amide bonds. The van der Waals surface area contributed by atoms with E-state index in [2.05, 4.69) is 5.10 Å². The molecule has 0 aliphatic rings. The van der Waals surface area contributed by atoms with Crippen molar-refractivity contribution in [2.24, 2.45) is 7.05 Å². The molecular weight excluding hydrogens is 242 g/mol. The number of rotatable bonds is 5. The van der Waals surface area contributed by atoms with Crippen LogP contribution >= 0.6 is 0 Å². The van der Waals surface area contributed by atoms with Gasteiger partial charge in [0.05, 0.1) is 12.2 Å². The average Bonchev–Trinajstić information content (AvgIpc) is 2.74. The molecule has 0 saturated carbocycles. The molecule has 1 heterocycles. The maximum Gasteiger partial charge on any atom is 0.323 e. The Bertz CT molecular complexity index is 560. The zero-order valence-electron chi connectivity index (χ0n) is 11.1. The molecule has 1 aromatic heterocycles. The standard InChI is InChI=1S/C14H17N3O2/c1-11-3-5-13(6-4-11)17(10-14(18)19)9-12-7-8-16(2)15-12/h3-8H,9-10H2,1-2H3,(H,18,19). The number of aromatic nitrogens is 2. The summed E-state index contributed by atoms with van der Waals surface area (Å²) in [5, 5.41) is 13.3. The van der Waals surface area contributed by atoms with Crippen LogP contribution in [0.3, 0.4) is 0 Å². The molecule has 0 saturated heterocycles. The maximum atomic E-state index is 11.0. The van der Waals surface area contributed by atoms with Crippen LogP contribution in [0.2, 0.25) is 0 Å². The van der Waals surface area contributed by atoms with E-state index in [-0.39, 0.29) is 6.54 Å². The van der Waals surface area contributed by atoms with Gasteiger partial charge < -0.3 is 10.0 Å². The van der Waals surface area contributed by atoms with E-state index in [0.29, 0.717) is 6.54 Å². The number of aryl methyl sites for hydroxylation is 2. The van der Waals surface area contributed by atoms with Crippen LogP contribution in [-0.4, -0.2) is 27.4 Å². The Hall–Kier alpha value is -2.30. The Morgan fingerprint density at radius 2 is 2.00 bits per heavy atom.